The average Bonchev–Trinajstić information content (AvgIpc) is 3.05. The molecule has 7 heteroatoms. The molecule has 1 atom stereocenters. The van der Waals surface area contributed by atoms with Gasteiger partial charge in [-0.2, -0.15) is 0 Å². The first-order valence-electron chi connectivity index (χ1n) is 8.88. The van der Waals surface area contributed by atoms with Gasteiger partial charge < -0.3 is 4.90 Å². The average molecular weight is 392 g/mol. The topological polar surface area (TPSA) is 62.3 Å². The number of amides is 2. The molecular weight excluding hydrogens is 370 g/mol. The number of benzene rings is 1. The van der Waals surface area contributed by atoms with E-state index in [9.17, 15) is 9.59 Å². The van der Waals surface area contributed by atoms with Crippen LogP contribution in [0.1, 0.15) is 53.5 Å². The van der Waals surface area contributed by atoms with Gasteiger partial charge in [-0.15, -0.1) is 11.3 Å². The van der Waals surface area contributed by atoms with Crippen LogP contribution in [0.15, 0.2) is 24.3 Å². The molecule has 0 radical (unpaired) electrons. The third kappa shape index (κ3) is 3.91. The third-order valence-electron chi connectivity index (χ3n) is 4.65. The van der Waals surface area contributed by atoms with Crippen molar-refractivity contribution in [3.05, 3.63) is 45.4 Å². The van der Waals surface area contributed by atoms with E-state index < -0.39 is 0 Å². The van der Waals surface area contributed by atoms with Gasteiger partial charge in [-0.05, 0) is 57.4 Å². The third-order valence-corrected chi connectivity index (χ3v) is 5.95. The zero-order chi connectivity index (χ0) is 18.7. The summed E-state index contributed by atoms with van der Waals surface area (Å²) in [5.74, 6) is -0.285. The van der Waals surface area contributed by atoms with Gasteiger partial charge in [0.25, 0.3) is 5.91 Å². The molecule has 5 nitrogen and oxygen atoms in total. The van der Waals surface area contributed by atoms with Gasteiger partial charge >= 0.3 is 0 Å². The van der Waals surface area contributed by atoms with Crippen LogP contribution in [-0.4, -0.2) is 34.8 Å². The van der Waals surface area contributed by atoms with Crippen molar-refractivity contribution in [2.24, 2.45) is 0 Å². The first-order chi connectivity index (χ1) is 12.5. The highest BCUT2D eigenvalue weighted by molar-refractivity contribution is 7.16. The number of anilines is 1. The molecule has 0 fully saturated rings. The van der Waals surface area contributed by atoms with Crippen LogP contribution >= 0.6 is 22.9 Å². The quantitative estimate of drug-likeness (QED) is 0.824. The van der Waals surface area contributed by atoms with Crippen molar-refractivity contribution < 1.29 is 9.59 Å². The number of hydrogen-bond donors (Lipinski definition) is 1. The Labute approximate surface area is 162 Å². The Morgan fingerprint density at radius 2 is 1.96 bits per heavy atom. The van der Waals surface area contributed by atoms with E-state index in [0.29, 0.717) is 28.8 Å². The Hall–Kier alpha value is -1.92. The lowest BCUT2D eigenvalue weighted by atomic mass is 9.90. The SMILES string of the molecule is CCN(CC)C(=O)C1CCCc2sc(NC(=O)c3ccc(Cl)cc3)nc21. The van der Waals surface area contributed by atoms with E-state index in [4.69, 9.17) is 11.6 Å². The first-order valence-corrected chi connectivity index (χ1v) is 10.1. The Bertz CT molecular complexity index is 800. The number of nitrogens with one attached hydrogen (secondary N) is 1. The fourth-order valence-corrected chi connectivity index (χ4v) is 4.42. The van der Waals surface area contributed by atoms with Crippen molar-refractivity contribution in [1.82, 2.24) is 9.88 Å². The van der Waals surface area contributed by atoms with Gasteiger partial charge in [0.1, 0.15) is 0 Å². The number of aromatic nitrogens is 1. The summed E-state index contributed by atoms with van der Waals surface area (Å²) >= 11 is 7.33. The van der Waals surface area contributed by atoms with Crippen molar-refractivity contribution in [1.29, 1.82) is 0 Å². The lowest BCUT2D eigenvalue weighted by molar-refractivity contribution is -0.132. The molecule has 0 saturated heterocycles. The number of likely N-dealkylation sites (N-methyl/N-ethyl adjacent to an activating group) is 1. The first kappa shape index (κ1) is 18.9. The Kier molecular flexibility index (Phi) is 5.94. The fraction of sp³-hybridized carbons (Fsp3) is 0.421. The second-order valence-electron chi connectivity index (χ2n) is 6.24. The number of halogens is 1. The molecule has 1 aromatic carbocycles. The zero-order valence-electron chi connectivity index (χ0n) is 14.9. The molecule has 1 aliphatic carbocycles. The number of hydrogen-bond acceptors (Lipinski definition) is 4. The molecule has 2 amide bonds. The van der Waals surface area contributed by atoms with E-state index in [0.717, 1.165) is 29.8 Å². The highest BCUT2D eigenvalue weighted by Gasteiger charge is 2.32. The van der Waals surface area contributed by atoms with E-state index in [1.807, 2.05) is 18.7 Å². The normalized spacial score (nSPS) is 16.0. The zero-order valence-corrected chi connectivity index (χ0v) is 16.5. The summed E-state index contributed by atoms with van der Waals surface area (Å²) in [6.07, 6.45) is 2.69. The van der Waals surface area contributed by atoms with Gasteiger partial charge in [0, 0.05) is 28.6 Å². The van der Waals surface area contributed by atoms with E-state index in [2.05, 4.69) is 10.3 Å². The number of carbonyl (C=O) groups excluding carboxylic acids is 2. The molecule has 1 unspecified atom stereocenters. The number of nitrogens with zero attached hydrogens (tertiary/aromatic N) is 2. The van der Waals surface area contributed by atoms with Crippen LogP contribution in [0.2, 0.25) is 5.02 Å². The summed E-state index contributed by atoms with van der Waals surface area (Å²) in [5, 5.41) is 3.99. The molecular formula is C19H22ClN3O2S. The van der Waals surface area contributed by atoms with E-state index >= 15 is 0 Å². The van der Waals surface area contributed by atoms with Crippen molar-refractivity contribution in [3.63, 3.8) is 0 Å². The molecule has 2 aromatic rings. The van der Waals surface area contributed by atoms with Crippen LogP contribution in [0.3, 0.4) is 0 Å². The predicted octanol–water partition coefficient (Wildman–Crippen LogP) is 4.34. The second kappa shape index (κ2) is 8.18. The predicted molar refractivity (Wildman–Crippen MR) is 105 cm³/mol. The maximum atomic E-state index is 12.8. The number of fused-ring (bicyclic) bond motifs is 1. The smallest absolute Gasteiger partial charge is 0.257 e. The summed E-state index contributed by atoms with van der Waals surface area (Å²) in [4.78, 5) is 32.7. The molecule has 1 aliphatic rings. The molecule has 0 saturated carbocycles. The number of thiazole rings is 1. The minimum absolute atomic E-state index is 0.136. The monoisotopic (exact) mass is 391 g/mol. The van der Waals surface area contributed by atoms with Crippen LogP contribution in [0.4, 0.5) is 5.13 Å². The van der Waals surface area contributed by atoms with Gasteiger partial charge in [-0.3, -0.25) is 14.9 Å². The molecule has 0 aliphatic heterocycles. The molecule has 0 bridgehead atoms. The fourth-order valence-electron chi connectivity index (χ4n) is 3.24. The molecule has 138 valence electrons. The summed E-state index contributed by atoms with van der Waals surface area (Å²) in [5.41, 5.74) is 1.36. The van der Waals surface area contributed by atoms with Crippen molar-refractivity contribution >= 4 is 39.9 Å². The van der Waals surface area contributed by atoms with Gasteiger partial charge in [-0.1, -0.05) is 11.6 Å². The number of rotatable bonds is 5. The summed E-state index contributed by atoms with van der Waals surface area (Å²) < 4.78 is 0. The Balaban J connectivity index is 1.79. The lowest BCUT2D eigenvalue weighted by Crippen LogP contribution is -2.36. The maximum Gasteiger partial charge on any atom is 0.257 e. The molecule has 3 rings (SSSR count). The van der Waals surface area contributed by atoms with Gasteiger partial charge in [-0.25, -0.2) is 4.98 Å². The number of carbonyl (C=O) groups is 2. The molecule has 26 heavy (non-hydrogen) atoms. The van der Waals surface area contributed by atoms with Crippen LogP contribution in [0, 0.1) is 0 Å². The second-order valence-corrected chi connectivity index (χ2v) is 7.76. The van der Waals surface area contributed by atoms with Gasteiger partial charge in [0.2, 0.25) is 5.91 Å². The highest BCUT2D eigenvalue weighted by atomic mass is 35.5. The van der Waals surface area contributed by atoms with E-state index in [-0.39, 0.29) is 17.7 Å². The standard InChI is InChI=1S/C19H22ClN3O2S/c1-3-23(4-2)18(25)14-6-5-7-15-16(14)21-19(26-15)22-17(24)12-8-10-13(20)11-9-12/h8-11,14H,3-7H2,1-2H3,(H,21,22,24). The van der Waals surface area contributed by atoms with Gasteiger partial charge in [0.05, 0.1) is 11.6 Å². The summed E-state index contributed by atoms with van der Waals surface area (Å²) in [6.45, 7) is 5.38. The van der Waals surface area contributed by atoms with E-state index in [1.54, 1.807) is 24.3 Å². The molecule has 1 heterocycles. The largest absolute Gasteiger partial charge is 0.343 e. The number of aryl methyl sites for hydroxylation is 1. The highest BCUT2D eigenvalue weighted by Crippen LogP contribution is 2.37. The minimum Gasteiger partial charge on any atom is -0.343 e. The van der Waals surface area contributed by atoms with E-state index in [1.165, 1.54) is 11.3 Å². The Morgan fingerprint density at radius 3 is 2.62 bits per heavy atom. The Morgan fingerprint density at radius 1 is 1.27 bits per heavy atom. The lowest BCUT2D eigenvalue weighted by Gasteiger charge is -2.27. The minimum atomic E-state index is -0.223. The maximum absolute atomic E-state index is 12.8. The van der Waals surface area contributed by atoms with Crippen LogP contribution < -0.4 is 5.32 Å². The summed E-state index contributed by atoms with van der Waals surface area (Å²) in [6, 6.07) is 6.72. The van der Waals surface area contributed by atoms with Crippen molar-refractivity contribution in [2.75, 3.05) is 18.4 Å². The van der Waals surface area contributed by atoms with Crippen molar-refractivity contribution in [3.8, 4) is 0 Å². The van der Waals surface area contributed by atoms with Crippen molar-refractivity contribution in [2.45, 2.75) is 39.0 Å². The van der Waals surface area contributed by atoms with Gasteiger partial charge in [0.15, 0.2) is 5.13 Å². The molecule has 1 aromatic heterocycles. The molecule has 1 N–H and O–H groups in total. The van der Waals surface area contributed by atoms with Crippen LogP contribution in [0.25, 0.3) is 0 Å². The summed E-state index contributed by atoms with van der Waals surface area (Å²) in [7, 11) is 0. The molecule has 0 spiro atoms. The van der Waals surface area contributed by atoms with Crippen LogP contribution in [0.5, 0.6) is 0 Å². The van der Waals surface area contributed by atoms with Crippen LogP contribution in [-0.2, 0) is 11.2 Å².